The van der Waals surface area contributed by atoms with E-state index in [0.29, 0.717) is 12.1 Å². The molecule has 0 aliphatic heterocycles. The van der Waals surface area contributed by atoms with Gasteiger partial charge in [0.05, 0.1) is 18.2 Å². The zero-order valence-electron chi connectivity index (χ0n) is 10.9. The van der Waals surface area contributed by atoms with Gasteiger partial charge in [-0.1, -0.05) is 6.42 Å². The third-order valence-corrected chi connectivity index (χ3v) is 4.47. The van der Waals surface area contributed by atoms with Gasteiger partial charge in [0.25, 0.3) is 0 Å². The number of aryl methyl sites for hydroxylation is 1. The second-order valence-electron chi connectivity index (χ2n) is 5.55. The van der Waals surface area contributed by atoms with Gasteiger partial charge in [-0.2, -0.15) is 10.4 Å². The molecular formula is C14H20N4. The summed E-state index contributed by atoms with van der Waals surface area (Å²) in [5.41, 5.74) is 2.72. The van der Waals surface area contributed by atoms with Gasteiger partial charge in [0, 0.05) is 30.4 Å². The molecule has 0 amide bonds. The van der Waals surface area contributed by atoms with E-state index in [4.69, 9.17) is 5.26 Å². The highest BCUT2D eigenvalue weighted by Gasteiger charge is 2.31. The molecule has 1 N–H and O–H groups in total. The molecule has 0 bridgehead atoms. The lowest BCUT2D eigenvalue weighted by Crippen LogP contribution is -2.36. The number of rotatable bonds is 2. The summed E-state index contributed by atoms with van der Waals surface area (Å²) in [6.45, 7) is 0. The molecule has 4 nitrogen and oxygen atoms in total. The normalized spacial score (nSPS) is 31.0. The third kappa shape index (κ3) is 1.93. The molecule has 0 spiro atoms. The van der Waals surface area contributed by atoms with E-state index in [2.05, 4.69) is 16.5 Å². The smallest absolute Gasteiger partial charge is 0.0672 e. The zero-order chi connectivity index (χ0) is 12.5. The second-order valence-corrected chi connectivity index (χ2v) is 5.55. The average Bonchev–Trinajstić information content (AvgIpc) is 2.98. The summed E-state index contributed by atoms with van der Waals surface area (Å²) in [6.07, 6.45) is 8.91. The van der Waals surface area contributed by atoms with E-state index >= 15 is 0 Å². The minimum absolute atomic E-state index is 0.201. The summed E-state index contributed by atoms with van der Waals surface area (Å²) < 4.78 is 2.00. The van der Waals surface area contributed by atoms with Crippen molar-refractivity contribution in [3.05, 3.63) is 17.5 Å². The van der Waals surface area contributed by atoms with Gasteiger partial charge in [-0.15, -0.1) is 0 Å². The van der Waals surface area contributed by atoms with Crippen molar-refractivity contribution in [2.45, 2.75) is 50.6 Å². The average molecular weight is 244 g/mol. The molecule has 4 heteroatoms. The van der Waals surface area contributed by atoms with Gasteiger partial charge in [0.15, 0.2) is 0 Å². The van der Waals surface area contributed by atoms with Crippen molar-refractivity contribution in [3.63, 3.8) is 0 Å². The van der Waals surface area contributed by atoms with Crippen LogP contribution in [-0.2, 0) is 13.5 Å². The Morgan fingerprint density at radius 3 is 3.11 bits per heavy atom. The molecule has 2 aliphatic rings. The number of aromatic nitrogens is 2. The maximum atomic E-state index is 9.16. The van der Waals surface area contributed by atoms with E-state index in [0.717, 1.165) is 19.3 Å². The summed E-state index contributed by atoms with van der Waals surface area (Å²) in [6, 6.07) is 3.23. The van der Waals surface area contributed by atoms with Gasteiger partial charge >= 0.3 is 0 Å². The molecule has 3 unspecified atom stereocenters. The Kier molecular flexibility index (Phi) is 3.09. The van der Waals surface area contributed by atoms with Crippen LogP contribution in [-0.4, -0.2) is 15.8 Å². The molecule has 0 aromatic carbocycles. The Labute approximate surface area is 108 Å². The number of nitrogens with zero attached hydrogens (tertiary/aromatic N) is 3. The van der Waals surface area contributed by atoms with Crippen LogP contribution >= 0.6 is 0 Å². The predicted octanol–water partition coefficient (Wildman–Crippen LogP) is 2.08. The van der Waals surface area contributed by atoms with Gasteiger partial charge in [-0.05, 0) is 32.1 Å². The Hall–Kier alpha value is -1.34. The maximum absolute atomic E-state index is 9.16. The molecule has 3 atom stereocenters. The van der Waals surface area contributed by atoms with Crippen LogP contribution in [0.15, 0.2) is 6.20 Å². The van der Waals surface area contributed by atoms with Crippen LogP contribution in [0.25, 0.3) is 0 Å². The second kappa shape index (κ2) is 4.74. The molecule has 1 aromatic rings. The minimum atomic E-state index is 0.201. The fourth-order valence-corrected chi connectivity index (χ4v) is 3.45. The Bertz CT molecular complexity index is 471. The van der Waals surface area contributed by atoms with E-state index in [-0.39, 0.29) is 5.92 Å². The fraction of sp³-hybridized carbons (Fsp3) is 0.714. The van der Waals surface area contributed by atoms with Crippen molar-refractivity contribution in [1.82, 2.24) is 15.1 Å². The van der Waals surface area contributed by atoms with Gasteiger partial charge in [0.2, 0.25) is 0 Å². The topological polar surface area (TPSA) is 53.6 Å². The number of hydrogen-bond donors (Lipinski definition) is 1. The molecule has 0 radical (unpaired) electrons. The summed E-state index contributed by atoms with van der Waals surface area (Å²) in [4.78, 5) is 0. The molecule has 96 valence electrons. The standard InChI is InChI=1S/C14H20N4/c1-18-14-7-3-6-13(11(14)9-16-18)17-12-5-2-4-10(12)8-15/h9-10,12-13,17H,2-7H2,1H3. The van der Waals surface area contributed by atoms with Crippen LogP contribution in [0.5, 0.6) is 0 Å². The lowest BCUT2D eigenvalue weighted by atomic mass is 9.91. The van der Waals surface area contributed by atoms with Gasteiger partial charge in [-0.25, -0.2) is 0 Å². The first-order valence-corrected chi connectivity index (χ1v) is 6.96. The SMILES string of the molecule is Cn1ncc2c1CCCC2NC1CCCC1C#N. The Morgan fingerprint density at radius 2 is 2.28 bits per heavy atom. The summed E-state index contributed by atoms with van der Waals surface area (Å²) in [7, 11) is 2.02. The highest BCUT2D eigenvalue weighted by Crippen LogP contribution is 2.33. The number of hydrogen-bond acceptors (Lipinski definition) is 3. The third-order valence-electron chi connectivity index (χ3n) is 4.47. The van der Waals surface area contributed by atoms with Crippen LogP contribution in [0.4, 0.5) is 0 Å². The maximum Gasteiger partial charge on any atom is 0.0672 e. The van der Waals surface area contributed by atoms with Crippen molar-refractivity contribution < 1.29 is 0 Å². The Balaban J connectivity index is 1.76. The van der Waals surface area contributed by atoms with Gasteiger partial charge in [0.1, 0.15) is 0 Å². The first kappa shape index (κ1) is 11.7. The Morgan fingerprint density at radius 1 is 1.39 bits per heavy atom. The largest absolute Gasteiger partial charge is 0.306 e. The first-order valence-electron chi connectivity index (χ1n) is 6.96. The van der Waals surface area contributed by atoms with Crippen molar-refractivity contribution >= 4 is 0 Å². The molecule has 1 fully saturated rings. The lowest BCUT2D eigenvalue weighted by Gasteiger charge is -2.28. The predicted molar refractivity (Wildman–Crippen MR) is 68.8 cm³/mol. The first-order chi connectivity index (χ1) is 8.79. The lowest BCUT2D eigenvalue weighted by molar-refractivity contribution is 0.367. The molecule has 2 aliphatic carbocycles. The number of fused-ring (bicyclic) bond motifs is 1. The number of nitrogens with one attached hydrogen (secondary N) is 1. The van der Waals surface area contributed by atoms with E-state index in [9.17, 15) is 0 Å². The van der Waals surface area contributed by atoms with E-state index in [1.54, 1.807) is 0 Å². The summed E-state index contributed by atoms with van der Waals surface area (Å²) in [5.74, 6) is 0.201. The highest BCUT2D eigenvalue weighted by molar-refractivity contribution is 5.25. The summed E-state index contributed by atoms with van der Waals surface area (Å²) in [5, 5.41) is 17.2. The van der Waals surface area contributed by atoms with Crippen molar-refractivity contribution in [2.75, 3.05) is 0 Å². The molecule has 1 saturated carbocycles. The van der Waals surface area contributed by atoms with E-state index in [1.165, 1.54) is 30.5 Å². The molecular weight excluding hydrogens is 224 g/mol. The van der Waals surface area contributed by atoms with Crippen LogP contribution in [0.1, 0.15) is 49.4 Å². The van der Waals surface area contributed by atoms with Gasteiger partial charge < -0.3 is 5.32 Å². The molecule has 3 rings (SSSR count). The van der Waals surface area contributed by atoms with Crippen LogP contribution in [0.2, 0.25) is 0 Å². The van der Waals surface area contributed by atoms with Crippen LogP contribution in [0, 0.1) is 17.2 Å². The monoisotopic (exact) mass is 244 g/mol. The molecule has 1 aromatic heterocycles. The van der Waals surface area contributed by atoms with Gasteiger partial charge in [-0.3, -0.25) is 4.68 Å². The molecule has 1 heterocycles. The van der Waals surface area contributed by atoms with Crippen LogP contribution in [0.3, 0.4) is 0 Å². The zero-order valence-corrected chi connectivity index (χ0v) is 10.9. The minimum Gasteiger partial charge on any atom is -0.306 e. The molecule has 0 saturated heterocycles. The molecule has 18 heavy (non-hydrogen) atoms. The fourth-order valence-electron chi connectivity index (χ4n) is 3.45. The van der Waals surface area contributed by atoms with Crippen molar-refractivity contribution in [2.24, 2.45) is 13.0 Å². The van der Waals surface area contributed by atoms with Crippen molar-refractivity contribution in [3.8, 4) is 6.07 Å². The quantitative estimate of drug-likeness (QED) is 0.866. The van der Waals surface area contributed by atoms with E-state index in [1.807, 2.05) is 17.9 Å². The van der Waals surface area contributed by atoms with Crippen LogP contribution < -0.4 is 5.32 Å². The summed E-state index contributed by atoms with van der Waals surface area (Å²) >= 11 is 0. The van der Waals surface area contributed by atoms with E-state index < -0.39 is 0 Å². The number of nitriles is 1. The van der Waals surface area contributed by atoms with Crippen molar-refractivity contribution in [1.29, 1.82) is 5.26 Å². The highest BCUT2D eigenvalue weighted by atomic mass is 15.3.